The molecule has 0 radical (unpaired) electrons. The molecule has 170 valence electrons. The van der Waals surface area contributed by atoms with Crippen molar-refractivity contribution in [3.8, 4) is 0 Å². The van der Waals surface area contributed by atoms with E-state index in [4.69, 9.17) is 9.47 Å². The second-order valence-corrected chi connectivity index (χ2v) is 8.85. The Labute approximate surface area is 185 Å². The number of carbonyl (C=O) groups is 2. The first-order chi connectivity index (χ1) is 15.2. The number of ether oxygens (including phenoxy) is 2. The van der Waals surface area contributed by atoms with Crippen LogP contribution in [0.1, 0.15) is 37.7 Å². The third-order valence-electron chi connectivity index (χ3n) is 6.93. The second-order valence-electron chi connectivity index (χ2n) is 8.85. The van der Waals surface area contributed by atoms with Gasteiger partial charge >= 0.3 is 0 Å². The number of rotatable bonds is 6. The third kappa shape index (κ3) is 5.27. The molecule has 1 unspecified atom stereocenters. The van der Waals surface area contributed by atoms with E-state index >= 15 is 0 Å². The van der Waals surface area contributed by atoms with Gasteiger partial charge in [0.05, 0.1) is 26.4 Å². The Bertz CT molecular complexity index is 724. The van der Waals surface area contributed by atoms with Gasteiger partial charge in [0.1, 0.15) is 11.6 Å². The number of nitrogens with zero attached hydrogens (tertiary/aromatic N) is 2. The van der Waals surface area contributed by atoms with Crippen LogP contribution >= 0.6 is 0 Å². The quantitative estimate of drug-likeness (QED) is 0.744. The van der Waals surface area contributed by atoms with E-state index in [1.807, 2.05) is 35.2 Å². The van der Waals surface area contributed by atoms with Crippen LogP contribution in [0.15, 0.2) is 30.3 Å². The number of morpholine rings is 2. The second kappa shape index (κ2) is 10.6. The molecule has 2 aliphatic heterocycles. The summed E-state index contributed by atoms with van der Waals surface area (Å²) in [5.74, 6) is 0.00470. The van der Waals surface area contributed by atoms with Gasteiger partial charge in [-0.15, -0.1) is 0 Å². The van der Waals surface area contributed by atoms with Gasteiger partial charge in [-0.1, -0.05) is 49.6 Å². The van der Waals surface area contributed by atoms with Crippen LogP contribution in [-0.4, -0.2) is 85.8 Å². The summed E-state index contributed by atoms with van der Waals surface area (Å²) in [5, 5.41) is 3.22. The smallest absolute Gasteiger partial charge is 0.245 e. The zero-order chi connectivity index (χ0) is 21.5. The topological polar surface area (TPSA) is 71.1 Å². The molecule has 1 N–H and O–H groups in total. The molecule has 2 amide bonds. The summed E-state index contributed by atoms with van der Waals surface area (Å²) >= 11 is 0. The summed E-state index contributed by atoms with van der Waals surface area (Å²) in [5.41, 5.74) is 0.529. The molecule has 31 heavy (non-hydrogen) atoms. The van der Waals surface area contributed by atoms with E-state index in [1.54, 1.807) is 0 Å². The van der Waals surface area contributed by atoms with Crippen molar-refractivity contribution in [1.29, 1.82) is 0 Å². The molecular formula is C24H35N3O4. The van der Waals surface area contributed by atoms with Crippen molar-refractivity contribution < 1.29 is 19.1 Å². The Balaban J connectivity index is 1.54. The highest BCUT2D eigenvalue weighted by atomic mass is 16.5. The number of nitrogens with one attached hydrogen (secondary N) is 1. The van der Waals surface area contributed by atoms with Crippen molar-refractivity contribution in [2.24, 2.45) is 0 Å². The Morgan fingerprint density at radius 2 is 1.52 bits per heavy atom. The Kier molecular flexibility index (Phi) is 7.58. The SMILES string of the molecule is O=C(C(Cc1ccccc1)NC(=O)C1(N2CCOCC2)CCCCC1)N1CCOCC1. The zero-order valence-electron chi connectivity index (χ0n) is 18.4. The minimum absolute atomic E-state index is 0.00607. The fourth-order valence-electron chi connectivity index (χ4n) is 5.16. The molecule has 1 aromatic rings. The van der Waals surface area contributed by atoms with Gasteiger partial charge in [-0.3, -0.25) is 14.5 Å². The van der Waals surface area contributed by atoms with Crippen LogP contribution in [0.3, 0.4) is 0 Å². The van der Waals surface area contributed by atoms with E-state index in [-0.39, 0.29) is 11.8 Å². The maximum atomic E-state index is 13.8. The Hall–Kier alpha value is -1.96. The average molecular weight is 430 g/mol. The van der Waals surface area contributed by atoms with Gasteiger partial charge in [0.15, 0.2) is 0 Å². The third-order valence-corrected chi connectivity index (χ3v) is 6.93. The molecule has 1 aromatic carbocycles. The first-order valence-electron chi connectivity index (χ1n) is 11.7. The van der Waals surface area contributed by atoms with Crippen molar-refractivity contribution in [2.45, 2.75) is 50.1 Å². The van der Waals surface area contributed by atoms with Crippen molar-refractivity contribution in [2.75, 3.05) is 52.6 Å². The summed E-state index contributed by atoms with van der Waals surface area (Å²) in [6.45, 7) is 5.13. The lowest BCUT2D eigenvalue weighted by Crippen LogP contribution is -2.65. The maximum Gasteiger partial charge on any atom is 0.245 e. The summed E-state index contributed by atoms with van der Waals surface area (Å²) in [7, 11) is 0. The van der Waals surface area contributed by atoms with Gasteiger partial charge in [-0.2, -0.15) is 0 Å². The van der Waals surface area contributed by atoms with Gasteiger partial charge in [-0.05, 0) is 18.4 Å². The van der Waals surface area contributed by atoms with Crippen LogP contribution in [0.5, 0.6) is 0 Å². The minimum atomic E-state index is -0.562. The number of benzene rings is 1. The van der Waals surface area contributed by atoms with Gasteiger partial charge in [0.2, 0.25) is 11.8 Å². The van der Waals surface area contributed by atoms with Crippen LogP contribution in [0, 0.1) is 0 Å². The standard InChI is InChI=1S/C24H35N3O4/c28-22(26-11-15-30-16-12-26)21(19-20-7-3-1-4-8-20)25-23(29)24(9-5-2-6-10-24)27-13-17-31-18-14-27/h1,3-4,7-8,21H,2,5-6,9-19H2,(H,25,29). The molecule has 2 saturated heterocycles. The molecule has 0 aromatic heterocycles. The van der Waals surface area contributed by atoms with E-state index in [9.17, 15) is 9.59 Å². The fraction of sp³-hybridized carbons (Fsp3) is 0.667. The largest absolute Gasteiger partial charge is 0.379 e. The average Bonchev–Trinajstić information content (AvgIpc) is 2.85. The van der Waals surface area contributed by atoms with Crippen LogP contribution in [0.25, 0.3) is 0 Å². The van der Waals surface area contributed by atoms with Crippen LogP contribution in [0.2, 0.25) is 0 Å². The number of amides is 2. The fourth-order valence-corrected chi connectivity index (χ4v) is 5.16. The number of hydrogen-bond acceptors (Lipinski definition) is 5. The van der Waals surface area contributed by atoms with Crippen LogP contribution in [-0.2, 0) is 25.5 Å². The van der Waals surface area contributed by atoms with Gasteiger partial charge in [0, 0.05) is 32.6 Å². The monoisotopic (exact) mass is 429 g/mol. The van der Waals surface area contributed by atoms with E-state index in [0.717, 1.165) is 44.3 Å². The summed E-state index contributed by atoms with van der Waals surface area (Å²) in [4.78, 5) is 31.4. The lowest BCUT2D eigenvalue weighted by Gasteiger charge is -2.47. The summed E-state index contributed by atoms with van der Waals surface area (Å²) < 4.78 is 11.0. The van der Waals surface area contributed by atoms with Crippen molar-refractivity contribution in [1.82, 2.24) is 15.1 Å². The highest BCUT2D eigenvalue weighted by Crippen LogP contribution is 2.35. The van der Waals surface area contributed by atoms with Crippen molar-refractivity contribution in [3.05, 3.63) is 35.9 Å². The van der Waals surface area contributed by atoms with E-state index < -0.39 is 11.6 Å². The molecule has 1 aliphatic carbocycles. The lowest BCUT2D eigenvalue weighted by molar-refractivity contribution is -0.146. The summed E-state index contributed by atoms with van der Waals surface area (Å²) in [6.07, 6.45) is 5.46. The normalized spacial score (nSPS) is 23.2. The highest BCUT2D eigenvalue weighted by molar-refractivity contribution is 5.92. The Morgan fingerprint density at radius 3 is 2.16 bits per heavy atom. The molecule has 1 saturated carbocycles. The van der Waals surface area contributed by atoms with E-state index in [1.165, 1.54) is 6.42 Å². The molecule has 1 atom stereocenters. The number of hydrogen-bond donors (Lipinski definition) is 1. The molecule has 4 rings (SSSR count). The maximum absolute atomic E-state index is 13.8. The van der Waals surface area contributed by atoms with Gasteiger partial charge in [0.25, 0.3) is 0 Å². The first-order valence-corrected chi connectivity index (χ1v) is 11.7. The molecule has 7 heteroatoms. The Morgan fingerprint density at radius 1 is 0.903 bits per heavy atom. The van der Waals surface area contributed by atoms with E-state index in [0.29, 0.717) is 45.9 Å². The molecule has 2 heterocycles. The zero-order valence-corrected chi connectivity index (χ0v) is 18.4. The predicted octanol–water partition coefficient (Wildman–Crippen LogP) is 1.61. The molecule has 7 nitrogen and oxygen atoms in total. The van der Waals surface area contributed by atoms with Crippen molar-refractivity contribution in [3.63, 3.8) is 0 Å². The highest BCUT2D eigenvalue weighted by Gasteiger charge is 2.46. The first kappa shape index (κ1) is 22.2. The van der Waals surface area contributed by atoms with Crippen LogP contribution < -0.4 is 5.32 Å². The predicted molar refractivity (Wildman–Crippen MR) is 118 cm³/mol. The lowest BCUT2D eigenvalue weighted by atomic mass is 9.79. The van der Waals surface area contributed by atoms with E-state index in [2.05, 4.69) is 10.2 Å². The molecule has 0 spiro atoms. The molecule has 0 bridgehead atoms. The molecule has 3 fully saturated rings. The van der Waals surface area contributed by atoms with Crippen LogP contribution in [0.4, 0.5) is 0 Å². The van der Waals surface area contributed by atoms with Gasteiger partial charge < -0.3 is 19.7 Å². The minimum Gasteiger partial charge on any atom is -0.379 e. The molecular weight excluding hydrogens is 394 g/mol. The van der Waals surface area contributed by atoms with Gasteiger partial charge in [-0.25, -0.2) is 0 Å². The molecule has 3 aliphatic rings. The number of carbonyl (C=O) groups excluding carboxylic acids is 2. The summed E-state index contributed by atoms with van der Waals surface area (Å²) in [6, 6.07) is 9.39. The van der Waals surface area contributed by atoms with Crippen molar-refractivity contribution >= 4 is 11.8 Å².